The average molecular weight is 391 g/mol. The summed E-state index contributed by atoms with van der Waals surface area (Å²) in [7, 11) is -3.94. The van der Waals surface area contributed by atoms with Crippen molar-refractivity contribution in [3.63, 3.8) is 0 Å². The first kappa shape index (κ1) is 25.2. The van der Waals surface area contributed by atoms with Crippen LogP contribution in [0.1, 0.15) is 90.4 Å². The van der Waals surface area contributed by atoms with Crippen molar-refractivity contribution in [2.24, 2.45) is 0 Å². The number of hydrogen-bond donors (Lipinski definition) is 1. The first-order valence-electron chi connectivity index (χ1n) is 10.2. The molecule has 154 valence electrons. The lowest BCUT2D eigenvalue weighted by Crippen LogP contribution is -2.12. The first-order valence-corrected chi connectivity index (χ1v) is 11.8. The molecule has 26 heavy (non-hydrogen) atoms. The van der Waals surface area contributed by atoms with Gasteiger partial charge in [-0.2, -0.15) is 8.42 Å². The van der Waals surface area contributed by atoms with Gasteiger partial charge in [-0.3, -0.25) is 4.55 Å². The summed E-state index contributed by atoms with van der Waals surface area (Å²) in [6, 6.07) is 0. The smallest absolute Gasteiger partial charge is 0.267 e. The minimum atomic E-state index is -3.94. The number of ether oxygens (including phenoxy) is 2. The van der Waals surface area contributed by atoms with Gasteiger partial charge in [0.2, 0.25) is 0 Å². The summed E-state index contributed by atoms with van der Waals surface area (Å²) in [5.41, 5.74) is 0. The van der Waals surface area contributed by atoms with E-state index in [-0.39, 0.29) is 13.2 Å². The highest BCUT2D eigenvalue weighted by molar-refractivity contribution is 7.85. The summed E-state index contributed by atoms with van der Waals surface area (Å²) < 4.78 is 39.5. The van der Waals surface area contributed by atoms with Gasteiger partial charge in [-0.1, -0.05) is 83.5 Å². The number of hydrogen-bond acceptors (Lipinski definition) is 4. The van der Waals surface area contributed by atoms with Crippen molar-refractivity contribution >= 4 is 10.1 Å². The molecule has 0 aromatic carbocycles. The van der Waals surface area contributed by atoms with Crippen LogP contribution in [0.15, 0.2) is 0 Å². The average Bonchev–Trinajstić information content (AvgIpc) is 2.59. The minimum Gasteiger partial charge on any atom is -0.444 e. The van der Waals surface area contributed by atoms with Crippen LogP contribution >= 0.6 is 0 Å². The Hall–Kier alpha value is -0.770. The van der Waals surface area contributed by atoms with Crippen LogP contribution in [-0.4, -0.2) is 38.5 Å². The second-order valence-electron chi connectivity index (χ2n) is 6.66. The SMILES string of the molecule is CCCCCCCCCCCCCCC#COCCOCCS(=O)(=O)O. The summed E-state index contributed by atoms with van der Waals surface area (Å²) in [4.78, 5) is 0. The van der Waals surface area contributed by atoms with E-state index >= 15 is 0 Å². The van der Waals surface area contributed by atoms with Crippen LogP contribution < -0.4 is 0 Å². The Morgan fingerprint density at radius 3 is 1.85 bits per heavy atom. The fraction of sp³-hybridized carbons (Fsp3) is 0.900. The standard InChI is InChI=1S/C20H38O5S/c1-2-3-4-5-6-7-8-9-10-11-12-13-14-15-16-24-17-18-25-19-20-26(21,22)23/h2-14,17-20H2,1H3,(H,21,22,23). The lowest BCUT2D eigenvalue weighted by Gasteiger charge is -2.02. The molecule has 0 spiro atoms. The minimum absolute atomic E-state index is 0.0333. The van der Waals surface area contributed by atoms with Crippen molar-refractivity contribution in [2.45, 2.75) is 90.4 Å². The van der Waals surface area contributed by atoms with E-state index in [9.17, 15) is 8.42 Å². The molecule has 0 aliphatic rings. The monoisotopic (exact) mass is 390 g/mol. The van der Waals surface area contributed by atoms with E-state index in [1.54, 1.807) is 0 Å². The summed E-state index contributed by atoms with van der Waals surface area (Å²) >= 11 is 0. The molecule has 0 bridgehead atoms. The summed E-state index contributed by atoms with van der Waals surface area (Å²) in [5.74, 6) is 2.58. The third kappa shape index (κ3) is 23.2. The van der Waals surface area contributed by atoms with Gasteiger partial charge in [-0.05, 0) is 6.42 Å². The molecule has 0 fully saturated rings. The second-order valence-corrected chi connectivity index (χ2v) is 8.24. The molecule has 0 saturated carbocycles. The molecule has 0 radical (unpaired) electrons. The fourth-order valence-corrected chi connectivity index (χ4v) is 2.90. The van der Waals surface area contributed by atoms with E-state index in [4.69, 9.17) is 14.0 Å². The van der Waals surface area contributed by atoms with E-state index in [2.05, 4.69) is 19.0 Å². The van der Waals surface area contributed by atoms with Crippen molar-refractivity contribution in [3.8, 4) is 12.0 Å². The van der Waals surface area contributed by atoms with E-state index in [1.165, 1.54) is 70.6 Å². The van der Waals surface area contributed by atoms with Crippen LogP contribution in [0.4, 0.5) is 0 Å². The maximum absolute atomic E-state index is 10.4. The molecule has 5 nitrogen and oxygen atoms in total. The van der Waals surface area contributed by atoms with Crippen LogP contribution in [0.5, 0.6) is 0 Å². The molecule has 0 aromatic rings. The van der Waals surface area contributed by atoms with E-state index in [0.717, 1.165) is 12.8 Å². The zero-order valence-electron chi connectivity index (χ0n) is 16.5. The maximum atomic E-state index is 10.4. The molecule has 0 unspecified atom stereocenters. The Morgan fingerprint density at radius 1 is 0.769 bits per heavy atom. The van der Waals surface area contributed by atoms with Gasteiger partial charge in [0.25, 0.3) is 10.1 Å². The van der Waals surface area contributed by atoms with Crippen LogP contribution in [-0.2, 0) is 19.6 Å². The second kappa shape index (κ2) is 19.0. The number of rotatable bonds is 18. The number of unbranched alkanes of at least 4 members (excludes halogenated alkanes) is 12. The normalized spacial score (nSPS) is 11.2. The Balaban J connectivity index is 3.16. The van der Waals surface area contributed by atoms with Gasteiger partial charge in [-0.25, -0.2) is 0 Å². The van der Waals surface area contributed by atoms with Gasteiger partial charge < -0.3 is 9.47 Å². The largest absolute Gasteiger partial charge is 0.444 e. The molecule has 0 rings (SSSR count). The maximum Gasteiger partial charge on any atom is 0.267 e. The molecule has 6 heteroatoms. The molecule has 0 atom stereocenters. The highest BCUT2D eigenvalue weighted by Crippen LogP contribution is 2.12. The summed E-state index contributed by atoms with van der Waals surface area (Å²) in [6.07, 6.45) is 19.5. The van der Waals surface area contributed by atoms with Crippen molar-refractivity contribution in [3.05, 3.63) is 0 Å². The van der Waals surface area contributed by atoms with Gasteiger partial charge in [0, 0.05) is 6.42 Å². The van der Waals surface area contributed by atoms with E-state index in [1.807, 2.05) is 0 Å². The quantitative estimate of drug-likeness (QED) is 0.203. The van der Waals surface area contributed by atoms with Gasteiger partial charge in [0.1, 0.15) is 12.7 Å². The van der Waals surface area contributed by atoms with E-state index < -0.39 is 15.9 Å². The lowest BCUT2D eigenvalue weighted by molar-refractivity contribution is 0.100. The van der Waals surface area contributed by atoms with Crippen LogP contribution in [0, 0.1) is 12.0 Å². The van der Waals surface area contributed by atoms with Crippen molar-refractivity contribution in [2.75, 3.05) is 25.6 Å². The highest BCUT2D eigenvalue weighted by Gasteiger charge is 2.02. The zero-order valence-corrected chi connectivity index (χ0v) is 17.3. The van der Waals surface area contributed by atoms with Crippen LogP contribution in [0.25, 0.3) is 0 Å². The van der Waals surface area contributed by atoms with Crippen LogP contribution in [0.3, 0.4) is 0 Å². The molecule has 0 aromatic heterocycles. The predicted octanol–water partition coefficient (Wildman–Crippen LogP) is 4.96. The molecule has 0 heterocycles. The van der Waals surface area contributed by atoms with Crippen molar-refractivity contribution in [1.29, 1.82) is 0 Å². The topological polar surface area (TPSA) is 72.8 Å². The predicted molar refractivity (Wildman–Crippen MR) is 107 cm³/mol. The summed E-state index contributed by atoms with van der Waals surface area (Å²) in [6.45, 7) is 2.79. The van der Waals surface area contributed by atoms with Gasteiger partial charge in [0.15, 0.2) is 0 Å². The summed E-state index contributed by atoms with van der Waals surface area (Å²) in [5, 5.41) is 0. The highest BCUT2D eigenvalue weighted by atomic mass is 32.2. The molecule has 0 aliphatic carbocycles. The molecule has 0 saturated heterocycles. The van der Waals surface area contributed by atoms with E-state index in [0.29, 0.717) is 6.61 Å². The fourth-order valence-electron chi connectivity index (χ4n) is 2.57. The Labute approximate surface area is 161 Å². The molecular weight excluding hydrogens is 352 g/mol. The van der Waals surface area contributed by atoms with Gasteiger partial charge >= 0.3 is 0 Å². The first-order chi connectivity index (χ1) is 12.6. The molecule has 0 amide bonds. The third-order valence-corrected chi connectivity index (χ3v) is 4.80. The Morgan fingerprint density at radius 2 is 1.31 bits per heavy atom. The van der Waals surface area contributed by atoms with Crippen molar-refractivity contribution < 1.29 is 22.4 Å². The zero-order chi connectivity index (χ0) is 19.3. The third-order valence-electron chi connectivity index (χ3n) is 4.12. The molecule has 1 N–H and O–H groups in total. The van der Waals surface area contributed by atoms with Crippen LogP contribution in [0.2, 0.25) is 0 Å². The lowest BCUT2D eigenvalue weighted by atomic mass is 10.0. The Kier molecular flexibility index (Phi) is 18.4. The molecule has 0 aliphatic heterocycles. The van der Waals surface area contributed by atoms with Gasteiger partial charge in [0.05, 0.1) is 19.0 Å². The van der Waals surface area contributed by atoms with Gasteiger partial charge in [-0.15, -0.1) is 0 Å². The molecular formula is C20H38O5S. The Bertz CT molecular complexity index is 451. The van der Waals surface area contributed by atoms with Crippen molar-refractivity contribution in [1.82, 2.24) is 0 Å².